The number of nitrogens with one attached hydrogen (secondary N) is 3. The molecule has 0 heterocycles. The number of halogens is 1. The van der Waals surface area contributed by atoms with E-state index >= 15 is 0 Å². The number of thiocarbonyl (C=S) groups is 1. The van der Waals surface area contributed by atoms with Gasteiger partial charge in [0, 0.05) is 16.8 Å². The Labute approximate surface area is 145 Å². The highest BCUT2D eigenvalue weighted by Gasteiger charge is 2.00. The molecule has 118 valence electrons. The third-order valence-electron chi connectivity index (χ3n) is 2.89. The lowest BCUT2D eigenvalue weighted by Gasteiger charge is -2.10. The van der Waals surface area contributed by atoms with E-state index in [1.165, 1.54) is 11.6 Å². The number of anilines is 1. The molecule has 0 aliphatic heterocycles. The Bertz CT molecular complexity index is 729. The molecular formula is C17H16ClN3OS. The molecule has 0 radical (unpaired) electrons. The van der Waals surface area contributed by atoms with Crippen LogP contribution in [0.4, 0.5) is 5.69 Å². The summed E-state index contributed by atoms with van der Waals surface area (Å²) in [6.07, 6.45) is 3.16. The first-order valence-corrected chi connectivity index (χ1v) is 7.69. The fourth-order valence-electron chi connectivity index (χ4n) is 1.74. The van der Waals surface area contributed by atoms with Crippen molar-refractivity contribution >= 4 is 46.6 Å². The fourth-order valence-corrected chi connectivity index (χ4v) is 2.10. The molecule has 0 saturated carbocycles. The number of carbonyl (C=O) groups excluding carboxylic acids is 1. The molecular weight excluding hydrogens is 330 g/mol. The number of hydrogen-bond donors (Lipinski definition) is 3. The van der Waals surface area contributed by atoms with E-state index in [4.69, 9.17) is 23.8 Å². The summed E-state index contributed by atoms with van der Waals surface area (Å²) in [7, 11) is 0. The SMILES string of the molecule is Cc1ccc(/C=C/C(=O)NNC(=S)Nc2cccc(Cl)c2)cc1. The van der Waals surface area contributed by atoms with Crippen molar-refractivity contribution < 1.29 is 4.79 Å². The maximum atomic E-state index is 11.7. The number of hydrazine groups is 1. The normalized spacial score (nSPS) is 10.3. The highest BCUT2D eigenvalue weighted by Crippen LogP contribution is 2.14. The zero-order valence-corrected chi connectivity index (χ0v) is 14.0. The van der Waals surface area contributed by atoms with Crippen LogP contribution in [0.3, 0.4) is 0 Å². The topological polar surface area (TPSA) is 53.2 Å². The van der Waals surface area contributed by atoms with E-state index in [-0.39, 0.29) is 11.0 Å². The monoisotopic (exact) mass is 345 g/mol. The molecule has 0 atom stereocenters. The molecule has 0 aliphatic rings. The van der Waals surface area contributed by atoms with Gasteiger partial charge < -0.3 is 5.32 Å². The molecule has 23 heavy (non-hydrogen) atoms. The second-order valence-electron chi connectivity index (χ2n) is 4.82. The predicted octanol–water partition coefficient (Wildman–Crippen LogP) is 3.68. The van der Waals surface area contributed by atoms with Gasteiger partial charge in [0.25, 0.3) is 5.91 Å². The number of hydrogen-bond acceptors (Lipinski definition) is 2. The van der Waals surface area contributed by atoms with Crippen LogP contribution in [0.1, 0.15) is 11.1 Å². The van der Waals surface area contributed by atoms with Crippen LogP contribution in [0.15, 0.2) is 54.6 Å². The Morgan fingerprint density at radius 1 is 1.13 bits per heavy atom. The van der Waals surface area contributed by atoms with E-state index in [0.29, 0.717) is 5.02 Å². The standard InChI is InChI=1S/C17H16ClN3OS/c1-12-5-7-13(8-6-12)9-10-16(22)20-21-17(23)19-15-4-2-3-14(18)11-15/h2-11H,1H3,(H,20,22)(H2,19,21,23)/b10-9+. The van der Waals surface area contributed by atoms with Gasteiger partial charge in [-0.15, -0.1) is 0 Å². The van der Waals surface area contributed by atoms with Gasteiger partial charge in [0.15, 0.2) is 5.11 Å². The van der Waals surface area contributed by atoms with E-state index in [1.807, 2.05) is 37.3 Å². The minimum atomic E-state index is -0.305. The smallest absolute Gasteiger partial charge is 0.262 e. The summed E-state index contributed by atoms with van der Waals surface area (Å²) in [5, 5.41) is 3.78. The molecule has 0 aromatic heterocycles. The van der Waals surface area contributed by atoms with Crippen molar-refractivity contribution in [2.75, 3.05) is 5.32 Å². The molecule has 2 rings (SSSR count). The molecule has 2 aromatic carbocycles. The molecule has 0 bridgehead atoms. The first-order valence-electron chi connectivity index (χ1n) is 6.90. The van der Waals surface area contributed by atoms with Crippen LogP contribution in [0.5, 0.6) is 0 Å². The Kier molecular flexibility index (Phi) is 6.14. The lowest BCUT2D eigenvalue weighted by atomic mass is 10.1. The van der Waals surface area contributed by atoms with E-state index in [0.717, 1.165) is 11.3 Å². The van der Waals surface area contributed by atoms with Crippen molar-refractivity contribution in [3.63, 3.8) is 0 Å². The number of amides is 1. The second-order valence-corrected chi connectivity index (χ2v) is 5.67. The van der Waals surface area contributed by atoms with Crippen molar-refractivity contribution in [1.29, 1.82) is 0 Å². The second kappa shape index (κ2) is 8.31. The lowest BCUT2D eigenvalue weighted by molar-refractivity contribution is -0.116. The number of rotatable bonds is 3. The average molecular weight is 346 g/mol. The van der Waals surface area contributed by atoms with Crippen LogP contribution >= 0.6 is 23.8 Å². The minimum absolute atomic E-state index is 0.268. The van der Waals surface area contributed by atoms with Gasteiger partial charge in [-0.2, -0.15) is 0 Å². The first-order chi connectivity index (χ1) is 11.0. The molecule has 0 fully saturated rings. The number of carbonyl (C=O) groups is 1. The highest BCUT2D eigenvalue weighted by molar-refractivity contribution is 7.80. The third kappa shape index (κ3) is 6.10. The van der Waals surface area contributed by atoms with Gasteiger partial charge in [-0.25, -0.2) is 0 Å². The summed E-state index contributed by atoms with van der Waals surface area (Å²) < 4.78 is 0. The molecule has 2 aromatic rings. The van der Waals surface area contributed by atoms with E-state index in [1.54, 1.807) is 24.3 Å². The Balaban J connectivity index is 1.79. The van der Waals surface area contributed by atoms with Crippen LogP contribution in [-0.2, 0) is 4.79 Å². The van der Waals surface area contributed by atoms with Crippen molar-refractivity contribution in [2.24, 2.45) is 0 Å². The maximum absolute atomic E-state index is 11.7. The molecule has 0 saturated heterocycles. The van der Waals surface area contributed by atoms with Gasteiger partial charge in [0.1, 0.15) is 0 Å². The van der Waals surface area contributed by atoms with E-state index < -0.39 is 0 Å². The van der Waals surface area contributed by atoms with Crippen LogP contribution < -0.4 is 16.2 Å². The summed E-state index contributed by atoms with van der Waals surface area (Å²) in [6, 6.07) is 15.0. The molecule has 4 nitrogen and oxygen atoms in total. The van der Waals surface area contributed by atoms with Crippen LogP contribution in [0.2, 0.25) is 5.02 Å². The quantitative estimate of drug-likeness (QED) is 0.451. The van der Waals surface area contributed by atoms with Gasteiger partial charge in [0.2, 0.25) is 0 Å². The zero-order valence-electron chi connectivity index (χ0n) is 12.5. The van der Waals surface area contributed by atoms with E-state index in [2.05, 4.69) is 16.2 Å². The van der Waals surface area contributed by atoms with Gasteiger partial charge in [-0.1, -0.05) is 47.5 Å². The number of benzene rings is 2. The third-order valence-corrected chi connectivity index (χ3v) is 3.33. The molecule has 3 N–H and O–H groups in total. The van der Waals surface area contributed by atoms with Crippen LogP contribution in [-0.4, -0.2) is 11.0 Å². The fraction of sp³-hybridized carbons (Fsp3) is 0.0588. The van der Waals surface area contributed by atoms with Gasteiger partial charge in [-0.3, -0.25) is 15.6 Å². The summed E-state index contributed by atoms with van der Waals surface area (Å²) in [4.78, 5) is 11.7. The molecule has 0 spiro atoms. The van der Waals surface area contributed by atoms with Gasteiger partial charge in [0.05, 0.1) is 0 Å². The summed E-state index contributed by atoms with van der Waals surface area (Å²) in [5.41, 5.74) is 7.97. The average Bonchev–Trinajstić information content (AvgIpc) is 2.52. The maximum Gasteiger partial charge on any atom is 0.262 e. The molecule has 6 heteroatoms. The molecule has 0 unspecified atom stereocenters. The Morgan fingerprint density at radius 3 is 2.57 bits per heavy atom. The largest absolute Gasteiger partial charge is 0.331 e. The van der Waals surface area contributed by atoms with Crippen LogP contribution in [0.25, 0.3) is 6.08 Å². The van der Waals surface area contributed by atoms with Crippen molar-refractivity contribution in [1.82, 2.24) is 10.9 Å². The predicted molar refractivity (Wildman–Crippen MR) is 99.2 cm³/mol. The molecule has 0 aliphatic carbocycles. The Morgan fingerprint density at radius 2 is 1.87 bits per heavy atom. The van der Waals surface area contributed by atoms with E-state index in [9.17, 15) is 4.79 Å². The highest BCUT2D eigenvalue weighted by atomic mass is 35.5. The first kappa shape index (κ1) is 17.0. The van der Waals surface area contributed by atoms with Crippen molar-refractivity contribution in [2.45, 2.75) is 6.92 Å². The minimum Gasteiger partial charge on any atom is -0.331 e. The van der Waals surface area contributed by atoms with Gasteiger partial charge >= 0.3 is 0 Å². The Hall–Kier alpha value is -2.37. The lowest BCUT2D eigenvalue weighted by Crippen LogP contribution is -2.43. The van der Waals surface area contributed by atoms with Crippen molar-refractivity contribution in [3.8, 4) is 0 Å². The summed E-state index contributed by atoms with van der Waals surface area (Å²) >= 11 is 11.0. The zero-order chi connectivity index (χ0) is 16.7. The summed E-state index contributed by atoms with van der Waals surface area (Å²) in [5.74, 6) is -0.305. The molecule has 1 amide bonds. The summed E-state index contributed by atoms with van der Waals surface area (Å²) in [6.45, 7) is 2.01. The van der Waals surface area contributed by atoms with Crippen LogP contribution in [0, 0.1) is 6.92 Å². The van der Waals surface area contributed by atoms with Crippen molar-refractivity contribution in [3.05, 3.63) is 70.8 Å². The number of aryl methyl sites for hydroxylation is 1. The van der Waals surface area contributed by atoms with Gasteiger partial charge in [-0.05, 0) is 49.0 Å².